The Bertz CT molecular complexity index is 452. The SMILES string of the molecule is CC(C)CNCc1cccc(Br)c1OCC(O)C(F)(F)F. The third-order valence-electron chi connectivity index (χ3n) is 2.68. The molecule has 0 bridgehead atoms. The Morgan fingerprint density at radius 3 is 2.57 bits per heavy atom. The number of aliphatic hydroxyl groups is 1. The molecule has 7 heteroatoms. The summed E-state index contributed by atoms with van der Waals surface area (Å²) >= 11 is 3.25. The second kappa shape index (κ2) is 8.00. The summed E-state index contributed by atoms with van der Waals surface area (Å²) in [5.74, 6) is 0.783. The van der Waals surface area contributed by atoms with Crippen LogP contribution in [0.1, 0.15) is 19.4 Å². The molecule has 0 saturated heterocycles. The minimum absolute atomic E-state index is 0.317. The first-order valence-electron chi connectivity index (χ1n) is 6.57. The molecule has 0 amide bonds. The topological polar surface area (TPSA) is 41.5 Å². The molecule has 1 atom stereocenters. The number of ether oxygens (including phenoxy) is 1. The van der Waals surface area contributed by atoms with Crippen molar-refractivity contribution < 1.29 is 23.0 Å². The molecule has 0 aliphatic rings. The summed E-state index contributed by atoms with van der Waals surface area (Å²) in [5, 5.41) is 12.2. The highest BCUT2D eigenvalue weighted by atomic mass is 79.9. The van der Waals surface area contributed by atoms with Crippen LogP contribution in [-0.2, 0) is 6.54 Å². The minimum Gasteiger partial charge on any atom is -0.489 e. The van der Waals surface area contributed by atoms with E-state index < -0.39 is 18.9 Å². The zero-order valence-corrected chi connectivity index (χ0v) is 13.5. The molecule has 1 unspecified atom stereocenters. The third-order valence-corrected chi connectivity index (χ3v) is 3.30. The summed E-state index contributed by atoms with van der Waals surface area (Å²) in [6.45, 7) is 4.56. The summed E-state index contributed by atoms with van der Waals surface area (Å²) in [6.07, 6.45) is -7.18. The highest BCUT2D eigenvalue weighted by Gasteiger charge is 2.38. The van der Waals surface area contributed by atoms with Crippen molar-refractivity contribution >= 4 is 15.9 Å². The second-order valence-electron chi connectivity index (χ2n) is 5.12. The van der Waals surface area contributed by atoms with Crippen molar-refractivity contribution in [1.29, 1.82) is 0 Å². The number of rotatable bonds is 7. The number of benzene rings is 1. The zero-order valence-electron chi connectivity index (χ0n) is 11.9. The molecule has 3 nitrogen and oxygen atoms in total. The van der Waals surface area contributed by atoms with E-state index in [0.29, 0.717) is 22.7 Å². The van der Waals surface area contributed by atoms with E-state index in [2.05, 4.69) is 35.1 Å². The number of aliphatic hydroxyl groups excluding tert-OH is 1. The maximum absolute atomic E-state index is 12.3. The van der Waals surface area contributed by atoms with E-state index in [9.17, 15) is 13.2 Å². The summed E-state index contributed by atoms with van der Waals surface area (Å²) in [6, 6.07) is 5.23. The van der Waals surface area contributed by atoms with Gasteiger partial charge in [-0.15, -0.1) is 0 Å². The molecule has 0 heterocycles. The Hall–Kier alpha value is -0.790. The van der Waals surface area contributed by atoms with Crippen molar-refractivity contribution in [2.24, 2.45) is 5.92 Å². The van der Waals surface area contributed by atoms with Gasteiger partial charge in [-0.25, -0.2) is 0 Å². The van der Waals surface area contributed by atoms with Crippen molar-refractivity contribution in [3.63, 3.8) is 0 Å². The molecule has 1 rings (SSSR count). The Morgan fingerprint density at radius 2 is 2.00 bits per heavy atom. The van der Waals surface area contributed by atoms with E-state index in [4.69, 9.17) is 9.84 Å². The van der Waals surface area contributed by atoms with Gasteiger partial charge in [0.25, 0.3) is 0 Å². The number of hydrogen-bond donors (Lipinski definition) is 2. The highest BCUT2D eigenvalue weighted by molar-refractivity contribution is 9.10. The molecule has 0 fully saturated rings. The number of para-hydroxylation sites is 1. The predicted molar refractivity (Wildman–Crippen MR) is 78.2 cm³/mol. The number of alkyl halides is 3. The van der Waals surface area contributed by atoms with Crippen molar-refractivity contribution in [3.8, 4) is 5.75 Å². The molecule has 0 aliphatic carbocycles. The van der Waals surface area contributed by atoms with Crippen molar-refractivity contribution in [2.75, 3.05) is 13.2 Å². The highest BCUT2D eigenvalue weighted by Crippen LogP contribution is 2.30. The molecule has 1 aromatic carbocycles. The van der Waals surface area contributed by atoms with E-state index in [0.717, 1.165) is 12.1 Å². The van der Waals surface area contributed by atoms with Crippen LogP contribution in [-0.4, -0.2) is 30.5 Å². The Balaban J connectivity index is 2.71. The number of halogens is 4. The molecule has 0 aromatic heterocycles. The Kier molecular flexibility index (Phi) is 6.96. The van der Waals surface area contributed by atoms with Crippen LogP contribution in [0.3, 0.4) is 0 Å². The molecule has 21 heavy (non-hydrogen) atoms. The lowest BCUT2D eigenvalue weighted by molar-refractivity contribution is -0.210. The first kappa shape index (κ1) is 18.3. The van der Waals surface area contributed by atoms with E-state index in [-0.39, 0.29) is 0 Å². The molecule has 0 saturated carbocycles. The molecule has 0 spiro atoms. The zero-order chi connectivity index (χ0) is 16.0. The maximum atomic E-state index is 12.3. The van der Waals surface area contributed by atoms with Gasteiger partial charge in [0.1, 0.15) is 12.4 Å². The quantitative estimate of drug-likeness (QED) is 0.772. The largest absolute Gasteiger partial charge is 0.489 e. The monoisotopic (exact) mass is 369 g/mol. The summed E-state index contributed by atoms with van der Waals surface area (Å²) in [7, 11) is 0. The van der Waals surface area contributed by atoms with E-state index in [1.165, 1.54) is 0 Å². The van der Waals surface area contributed by atoms with Crippen molar-refractivity contribution in [2.45, 2.75) is 32.7 Å². The third kappa shape index (κ3) is 6.23. The van der Waals surface area contributed by atoms with Gasteiger partial charge in [0.05, 0.1) is 4.47 Å². The van der Waals surface area contributed by atoms with Crippen LogP contribution in [0.15, 0.2) is 22.7 Å². The van der Waals surface area contributed by atoms with Gasteiger partial charge in [-0.3, -0.25) is 0 Å². The van der Waals surface area contributed by atoms with Crippen LogP contribution in [0.5, 0.6) is 5.75 Å². The van der Waals surface area contributed by atoms with Crippen molar-refractivity contribution in [1.82, 2.24) is 5.32 Å². The van der Waals surface area contributed by atoms with E-state index >= 15 is 0 Å². The fourth-order valence-electron chi connectivity index (χ4n) is 1.61. The smallest absolute Gasteiger partial charge is 0.417 e. The van der Waals surface area contributed by atoms with Crippen LogP contribution in [0.2, 0.25) is 0 Å². The van der Waals surface area contributed by atoms with Gasteiger partial charge < -0.3 is 15.2 Å². The molecule has 0 aliphatic heterocycles. The van der Waals surface area contributed by atoms with Gasteiger partial charge >= 0.3 is 6.18 Å². The lowest BCUT2D eigenvalue weighted by Gasteiger charge is -2.18. The lowest BCUT2D eigenvalue weighted by atomic mass is 10.2. The molecule has 1 aromatic rings. The van der Waals surface area contributed by atoms with Gasteiger partial charge in [0.15, 0.2) is 6.10 Å². The van der Waals surface area contributed by atoms with E-state index in [1.807, 2.05) is 0 Å². The summed E-state index contributed by atoms with van der Waals surface area (Å²) in [5.41, 5.74) is 0.736. The number of hydrogen-bond acceptors (Lipinski definition) is 3. The van der Waals surface area contributed by atoms with Crippen LogP contribution in [0, 0.1) is 5.92 Å². The van der Waals surface area contributed by atoms with Gasteiger partial charge in [-0.05, 0) is 34.5 Å². The minimum atomic E-state index is -4.68. The van der Waals surface area contributed by atoms with Gasteiger partial charge in [-0.1, -0.05) is 26.0 Å². The molecular weight excluding hydrogens is 351 g/mol. The second-order valence-corrected chi connectivity index (χ2v) is 5.98. The van der Waals surface area contributed by atoms with Crippen LogP contribution >= 0.6 is 15.9 Å². The summed E-state index contributed by atoms with van der Waals surface area (Å²) < 4.78 is 42.6. The maximum Gasteiger partial charge on any atom is 0.417 e. The normalized spacial score (nSPS) is 13.5. The first-order chi connectivity index (χ1) is 9.71. The predicted octanol–water partition coefficient (Wildman–Crippen LogP) is 3.50. The van der Waals surface area contributed by atoms with Crippen LogP contribution in [0.4, 0.5) is 13.2 Å². The van der Waals surface area contributed by atoms with Gasteiger partial charge in [0, 0.05) is 12.1 Å². The molecule has 2 N–H and O–H groups in total. The fourth-order valence-corrected chi connectivity index (χ4v) is 2.13. The van der Waals surface area contributed by atoms with Gasteiger partial charge in [-0.2, -0.15) is 13.2 Å². The van der Waals surface area contributed by atoms with E-state index in [1.54, 1.807) is 18.2 Å². The molecule has 0 radical (unpaired) electrons. The van der Waals surface area contributed by atoms with Crippen molar-refractivity contribution in [3.05, 3.63) is 28.2 Å². The Morgan fingerprint density at radius 1 is 1.33 bits per heavy atom. The molecule has 120 valence electrons. The van der Waals surface area contributed by atoms with Gasteiger partial charge in [0.2, 0.25) is 0 Å². The molecular formula is C14H19BrF3NO2. The first-order valence-corrected chi connectivity index (χ1v) is 7.36. The summed E-state index contributed by atoms with van der Waals surface area (Å²) in [4.78, 5) is 0. The fraction of sp³-hybridized carbons (Fsp3) is 0.571. The average Bonchev–Trinajstić information content (AvgIpc) is 2.36. The Labute approximate surface area is 130 Å². The van der Waals surface area contributed by atoms with Crippen LogP contribution < -0.4 is 10.1 Å². The average molecular weight is 370 g/mol. The standard InChI is InChI=1S/C14H19BrF3NO2/c1-9(2)6-19-7-10-4-3-5-11(15)13(10)21-8-12(20)14(16,17)18/h3-5,9,12,19-20H,6-8H2,1-2H3. The number of nitrogens with one attached hydrogen (secondary N) is 1. The lowest BCUT2D eigenvalue weighted by Crippen LogP contribution is -2.34. The van der Waals surface area contributed by atoms with Crippen LogP contribution in [0.25, 0.3) is 0 Å².